The molecule has 1 aromatic rings. The highest BCUT2D eigenvalue weighted by Gasteiger charge is 2.57. The monoisotopic (exact) mass is 615 g/mol. The van der Waals surface area contributed by atoms with E-state index in [-0.39, 0.29) is 22.8 Å². The summed E-state index contributed by atoms with van der Waals surface area (Å²) in [4.78, 5) is -4.38. The summed E-state index contributed by atoms with van der Waals surface area (Å²) >= 11 is 0. The third-order valence-corrected chi connectivity index (χ3v) is 9.94. The van der Waals surface area contributed by atoms with Crippen LogP contribution in [-0.4, -0.2) is 65.2 Å². The normalized spacial score (nSPS) is 16.1. The minimum absolute atomic E-state index is 0.153. The lowest BCUT2D eigenvalue weighted by molar-refractivity contribution is -0.888. The summed E-state index contributed by atoms with van der Waals surface area (Å²) in [6.07, 6.45) is 8.35. The van der Waals surface area contributed by atoms with E-state index in [0.717, 1.165) is 6.08 Å². The number of fused-ring (bicyclic) bond motifs is 3. The molecule has 2 aliphatic rings. The Labute approximate surface area is 231 Å². The quantitative estimate of drug-likeness (QED) is 0.192. The van der Waals surface area contributed by atoms with Crippen LogP contribution in [0, 0.1) is 5.41 Å². The van der Waals surface area contributed by atoms with Gasteiger partial charge in [0.15, 0.2) is 0 Å². The molecule has 1 aromatic carbocycles. The lowest BCUT2D eigenvalue weighted by Crippen LogP contribution is -2.39. The number of benzene rings is 1. The molecule has 0 saturated carbocycles. The SMILES string of the molecule is CCCCCCC[N+](C)(C)CC.N=C1C2=Cc3ccccc3C2=CC(S(=O)(=O)C(F)(F)F)=C1S(=O)(=O)C(F)(F)F. The first-order chi connectivity index (χ1) is 18.2. The first-order valence-corrected chi connectivity index (χ1v) is 15.5. The maximum Gasteiger partial charge on any atom is 0.502 e. The molecule has 3 rings (SSSR count). The molecule has 224 valence electrons. The molecule has 14 heteroatoms. The highest BCUT2D eigenvalue weighted by molar-refractivity contribution is 8.00. The van der Waals surface area contributed by atoms with Crippen LogP contribution >= 0.6 is 0 Å². The number of unbranched alkanes of at least 4 members (excludes halogenated alkanes) is 4. The van der Waals surface area contributed by atoms with Gasteiger partial charge in [-0.1, -0.05) is 50.5 Å². The Morgan fingerprint density at radius 1 is 0.775 bits per heavy atom. The van der Waals surface area contributed by atoms with Gasteiger partial charge in [-0.15, -0.1) is 0 Å². The van der Waals surface area contributed by atoms with Crippen LogP contribution in [0.3, 0.4) is 0 Å². The lowest BCUT2D eigenvalue weighted by atomic mass is 9.95. The number of rotatable bonds is 9. The zero-order chi connectivity index (χ0) is 30.7. The van der Waals surface area contributed by atoms with E-state index < -0.39 is 51.8 Å². The summed E-state index contributed by atoms with van der Waals surface area (Å²) in [7, 11) is -8.45. The van der Waals surface area contributed by atoms with Crippen molar-refractivity contribution in [3.63, 3.8) is 0 Å². The van der Waals surface area contributed by atoms with Gasteiger partial charge in [-0.3, -0.25) is 5.41 Å². The van der Waals surface area contributed by atoms with Crippen LogP contribution in [0.25, 0.3) is 11.6 Å². The summed E-state index contributed by atoms with van der Waals surface area (Å²) in [6.45, 7) is 7.14. The molecular weight excluding hydrogens is 582 g/mol. The fourth-order valence-corrected chi connectivity index (χ4v) is 6.52. The molecule has 6 nitrogen and oxygen atoms in total. The van der Waals surface area contributed by atoms with Gasteiger partial charge < -0.3 is 4.48 Å². The number of sulfone groups is 2. The predicted molar refractivity (Wildman–Crippen MR) is 143 cm³/mol. The molecule has 40 heavy (non-hydrogen) atoms. The molecular formula is C26H33F6N2O4S2+. The maximum atomic E-state index is 13.0. The molecule has 0 aromatic heterocycles. The highest BCUT2D eigenvalue weighted by Crippen LogP contribution is 2.47. The average molecular weight is 616 g/mol. The third-order valence-electron chi connectivity index (χ3n) is 6.73. The molecule has 0 aliphatic heterocycles. The predicted octanol–water partition coefficient (Wildman–Crippen LogP) is 6.63. The topological polar surface area (TPSA) is 92.1 Å². The first-order valence-electron chi connectivity index (χ1n) is 12.5. The summed E-state index contributed by atoms with van der Waals surface area (Å²) in [5, 5.41) is 7.82. The van der Waals surface area contributed by atoms with E-state index in [2.05, 4.69) is 27.9 Å². The zero-order valence-electron chi connectivity index (χ0n) is 22.6. The van der Waals surface area contributed by atoms with E-state index in [0.29, 0.717) is 0 Å². The van der Waals surface area contributed by atoms with Crippen molar-refractivity contribution in [2.75, 3.05) is 27.2 Å². The Bertz CT molecular complexity index is 1440. The van der Waals surface area contributed by atoms with E-state index in [9.17, 15) is 43.2 Å². The largest absolute Gasteiger partial charge is 0.502 e. The van der Waals surface area contributed by atoms with Crippen LogP contribution in [0.4, 0.5) is 26.3 Å². The second-order valence-corrected chi connectivity index (χ2v) is 13.8. The van der Waals surface area contributed by atoms with Crippen molar-refractivity contribution in [2.24, 2.45) is 0 Å². The number of halogens is 6. The summed E-state index contributed by atoms with van der Waals surface area (Å²) in [6, 6.07) is 5.69. The number of quaternary nitrogens is 1. The maximum absolute atomic E-state index is 13.0. The minimum Gasteiger partial charge on any atom is -0.329 e. The van der Waals surface area contributed by atoms with Crippen molar-refractivity contribution in [1.29, 1.82) is 5.41 Å². The number of allylic oxidation sites excluding steroid dienone is 4. The molecule has 0 heterocycles. The van der Waals surface area contributed by atoms with Crippen molar-refractivity contribution in [3.05, 3.63) is 56.9 Å². The Kier molecular flexibility index (Phi) is 10.3. The van der Waals surface area contributed by atoms with Gasteiger partial charge >= 0.3 is 11.0 Å². The Morgan fingerprint density at radius 3 is 1.85 bits per heavy atom. The third kappa shape index (κ3) is 7.06. The lowest BCUT2D eigenvalue weighted by Gasteiger charge is -2.28. The summed E-state index contributed by atoms with van der Waals surface area (Å²) < 4.78 is 127. The number of hydrogen-bond acceptors (Lipinski definition) is 5. The zero-order valence-corrected chi connectivity index (χ0v) is 24.2. The van der Waals surface area contributed by atoms with E-state index in [1.807, 2.05) is 0 Å². The van der Waals surface area contributed by atoms with E-state index in [1.54, 1.807) is 0 Å². The molecule has 0 unspecified atom stereocenters. The summed E-state index contributed by atoms with van der Waals surface area (Å²) in [5.74, 6) is 0. The van der Waals surface area contributed by atoms with Gasteiger partial charge in [0.05, 0.1) is 37.8 Å². The molecule has 1 N–H and O–H groups in total. The van der Waals surface area contributed by atoms with Crippen molar-refractivity contribution in [3.8, 4) is 0 Å². The molecule has 2 aliphatic carbocycles. The van der Waals surface area contributed by atoms with Gasteiger partial charge in [0.25, 0.3) is 19.7 Å². The first kappa shape index (κ1) is 33.8. The molecule has 0 atom stereocenters. The number of nitrogens with one attached hydrogen (secondary N) is 1. The molecule has 0 radical (unpaired) electrons. The second-order valence-electron chi connectivity index (χ2n) is 10.1. The standard InChI is InChI=1S/C15H7F6NO4S2.C11H26N/c16-14(17,18)27(23,24)11-6-9-8-4-2-1-3-7(8)5-10(9)12(22)13(11)28(25,26)15(19,20)21;1-5-7-8-9-10-11-12(3,4)6-2/h1-6,22H;5-11H2,1-4H3/q;+1. The van der Waals surface area contributed by atoms with Crippen LogP contribution in [-0.2, 0) is 19.7 Å². The van der Waals surface area contributed by atoms with E-state index >= 15 is 0 Å². The van der Waals surface area contributed by atoms with Crippen LogP contribution in [0.1, 0.15) is 57.1 Å². The molecule has 0 fully saturated rings. The molecule has 0 bridgehead atoms. The molecule has 0 saturated heterocycles. The number of hydrogen-bond donors (Lipinski definition) is 1. The number of alkyl halides is 6. The van der Waals surface area contributed by atoms with Gasteiger partial charge in [0.1, 0.15) is 4.91 Å². The fourth-order valence-electron chi connectivity index (χ4n) is 4.06. The van der Waals surface area contributed by atoms with Crippen molar-refractivity contribution in [1.82, 2.24) is 0 Å². The van der Waals surface area contributed by atoms with E-state index in [4.69, 9.17) is 5.41 Å². The van der Waals surface area contributed by atoms with Gasteiger partial charge in [-0.25, -0.2) is 16.8 Å². The van der Waals surface area contributed by atoms with Crippen molar-refractivity contribution < 1.29 is 47.7 Å². The second kappa shape index (κ2) is 12.2. The number of nitrogens with zero attached hydrogens (tertiary/aromatic N) is 1. The fraction of sp³-hybridized carbons (Fsp3) is 0.500. The highest BCUT2D eigenvalue weighted by atomic mass is 32.2. The summed E-state index contributed by atoms with van der Waals surface area (Å²) in [5.41, 5.74) is -13.9. The van der Waals surface area contributed by atoms with Crippen molar-refractivity contribution in [2.45, 2.75) is 57.0 Å². The van der Waals surface area contributed by atoms with Gasteiger partial charge in [0.2, 0.25) is 0 Å². The van der Waals surface area contributed by atoms with Crippen LogP contribution in [0.2, 0.25) is 0 Å². The van der Waals surface area contributed by atoms with Gasteiger partial charge in [-0.05, 0) is 48.6 Å². The van der Waals surface area contributed by atoms with E-state index in [1.165, 1.54) is 73.9 Å². The smallest absolute Gasteiger partial charge is 0.329 e. The Balaban J connectivity index is 0.000000395. The molecule has 0 amide bonds. The Hall–Kier alpha value is -2.45. The van der Waals surface area contributed by atoms with Crippen molar-refractivity contribution >= 4 is 37.0 Å². The Morgan fingerprint density at radius 2 is 1.32 bits per heavy atom. The van der Waals surface area contributed by atoms with Crippen LogP contribution in [0.5, 0.6) is 0 Å². The van der Waals surface area contributed by atoms with Gasteiger partial charge in [0, 0.05) is 5.57 Å². The molecule has 0 spiro atoms. The van der Waals surface area contributed by atoms with Crippen LogP contribution in [0.15, 0.2) is 45.7 Å². The average Bonchev–Trinajstić information content (AvgIpc) is 3.22. The van der Waals surface area contributed by atoms with Gasteiger partial charge in [-0.2, -0.15) is 26.3 Å². The van der Waals surface area contributed by atoms with Crippen LogP contribution < -0.4 is 0 Å². The minimum atomic E-state index is -6.58.